The fraction of sp³-hybridized carbons (Fsp3) is 0.188. The summed E-state index contributed by atoms with van der Waals surface area (Å²) in [5.41, 5.74) is 1.36. The van der Waals surface area contributed by atoms with Gasteiger partial charge in [-0.25, -0.2) is 0 Å². The van der Waals surface area contributed by atoms with Crippen molar-refractivity contribution < 1.29 is 0 Å². The maximum atomic E-state index is 11.1. The third kappa shape index (κ3) is 3.20. The number of benzene rings is 1. The molecule has 1 heterocycles. The van der Waals surface area contributed by atoms with Gasteiger partial charge in [0.05, 0.1) is 6.04 Å². The molecule has 18 heavy (non-hydrogen) atoms. The van der Waals surface area contributed by atoms with Gasteiger partial charge >= 0.3 is 0 Å². The third-order valence-electron chi connectivity index (χ3n) is 3.05. The van der Waals surface area contributed by atoms with Crippen LogP contribution in [0.4, 0.5) is 0 Å². The van der Waals surface area contributed by atoms with Gasteiger partial charge in [-0.1, -0.05) is 36.4 Å². The largest absolute Gasteiger partial charge is 0.347 e. The van der Waals surface area contributed by atoms with Gasteiger partial charge in [0.25, 0.3) is 0 Å². The van der Waals surface area contributed by atoms with Crippen LogP contribution in [0, 0.1) is 0 Å². The monoisotopic (exact) mass is 239 g/mol. The number of pyridine rings is 1. The van der Waals surface area contributed by atoms with Crippen LogP contribution >= 0.6 is 0 Å². The minimum atomic E-state index is 0.0390. The average molecular weight is 239 g/mol. The molecule has 1 aromatic heterocycles. The molecule has 0 fully saturated rings. The van der Waals surface area contributed by atoms with Gasteiger partial charge in [-0.3, -0.25) is 4.79 Å². The zero-order valence-corrected chi connectivity index (χ0v) is 10.3. The van der Waals surface area contributed by atoms with Crippen LogP contribution in [-0.2, 0) is 6.42 Å². The molecule has 2 aromatic rings. The second-order valence-corrected chi connectivity index (χ2v) is 4.31. The Morgan fingerprint density at radius 3 is 2.39 bits per heavy atom. The normalized spacial score (nSPS) is 12.0. The van der Waals surface area contributed by atoms with Crippen LogP contribution in [0.1, 0.15) is 18.0 Å². The van der Waals surface area contributed by atoms with E-state index in [0.29, 0.717) is 0 Å². The molecule has 0 bridgehead atoms. The molecule has 1 atom stereocenters. The third-order valence-corrected chi connectivity index (χ3v) is 3.05. The van der Waals surface area contributed by atoms with E-state index < -0.39 is 0 Å². The molecular weight excluding hydrogens is 222 g/mol. The highest BCUT2D eigenvalue weighted by Crippen LogP contribution is 2.15. The molecule has 0 radical (unpaired) electrons. The Hall–Kier alpha value is -2.09. The van der Waals surface area contributed by atoms with Crippen molar-refractivity contribution in [1.29, 1.82) is 0 Å². The number of nitrogens with zero attached hydrogens (tertiary/aromatic N) is 1. The maximum Gasteiger partial charge on any atom is 0.181 e. The second-order valence-electron chi connectivity index (χ2n) is 4.31. The molecule has 92 valence electrons. The van der Waals surface area contributed by atoms with E-state index in [0.717, 1.165) is 12.8 Å². The summed E-state index contributed by atoms with van der Waals surface area (Å²) < 4.78 is 2.03. The highest BCUT2D eigenvalue weighted by atomic mass is 16.1. The van der Waals surface area contributed by atoms with Gasteiger partial charge in [0.1, 0.15) is 0 Å². The molecule has 2 rings (SSSR count). The van der Waals surface area contributed by atoms with Crippen molar-refractivity contribution in [3.8, 4) is 0 Å². The van der Waals surface area contributed by atoms with Crippen molar-refractivity contribution in [2.45, 2.75) is 18.9 Å². The molecular formula is C16H17NO. The van der Waals surface area contributed by atoms with Crippen molar-refractivity contribution in [3.63, 3.8) is 0 Å². The Kier molecular flexibility index (Phi) is 4.13. The van der Waals surface area contributed by atoms with Crippen LogP contribution in [0.15, 0.2) is 72.3 Å². The smallest absolute Gasteiger partial charge is 0.181 e. The first-order chi connectivity index (χ1) is 8.79. The lowest BCUT2D eigenvalue weighted by Gasteiger charge is -2.16. The van der Waals surface area contributed by atoms with Gasteiger partial charge in [0.15, 0.2) is 5.43 Å². The molecule has 0 aliphatic heterocycles. The van der Waals surface area contributed by atoms with Crippen molar-refractivity contribution in [3.05, 3.63) is 83.3 Å². The highest BCUT2D eigenvalue weighted by molar-refractivity contribution is 5.15. The fourth-order valence-electron chi connectivity index (χ4n) is 1.99. The summed E-state index contributed by atoms with van der Waals surface area (Å²) in [7, 11) is 0. The van der Waals surface area contributed by atoms with Gasteiger partial charge in [-0.05, 0) is 18.4 Å². The standard InChI is InChI=1S/C16H17NO/c1-2-15(17-12-10-16(18)11-13-17)9-8-14-6-4-3-5-7-14/h2-7,10-13,15H,1,8-9H2. The molecule has 2 heteroatoms. The van der Waals surface area contributed by atoms with Crippen molar-refractivity contribution >= 4 is 0 Å². The summed E-state index contributed by atoms with van der Waals surface area (Å²) in [6.07, 6.45) is 7.55. The van der Waals surface area contributed by atoms with E-state index >= 15 is 0 Å². The van der Waals surface area contributed by atoms with E-state index in [1.165, 1.54) is 5.56 Å². The molecule has 0 amide bonds. The van der Waals surface area contributed by atoms with Gasteiger partial charge in [0.2, 0.25) is 0 Å². The summed E-state index contributed by atoms with van der Waals surface area (Å²) in [6.45, 7) is 3.87. The van der Waals surface area contributed by atoms with Crippen LogP contribution in [0.3, 0.4) is 0 Å². The van der Waals surface area contributed by atoms with E-state index in [4.69, 9.17) is 0 Å². The van der Waals surface area contributed by atoms with E-state index in [9.17, 15) is 4.79 Å². The average Bonchev–Trinajstić information content (AvgIpc) is 2.42. The predicted octanol–water partition coefficient (Wildman–Crippen LogP) is 3.21. The minimum Gasteiger partial charge on any atom is -0.347 e. The van der Waals surface area contributed by atoms with E-state index in [1.807, 2.05) is 29.1 Å². The van der Waals surface area contributed by atoms with Crippen LogP contribution in [0.2, 0.25) is 0 Å². The van der Waals surface area contributed by atoms with Crippen LogP contribution < -0.4 is 5.43 Å². The van der Waals surface area contributed by atoms with Crippen LogP contribution in [-0.4, -0.2) is 4.57 Å². The van der Waals surface area contributed by atoms with E-state index in [1.54, 1.807) is 12.1 Å². The Balaban J connectivity index is 2.04. The first kappa shape index (κ1) is 12.4. The number of aryl methyl sites for hydroxylation is 1. The summed E-state index contributed by atoms with van der Waals surface area (Å²) in [5, 5.41) is 0. The Morgan fingerprint density at radius 1 is 1.11 bits per heavy atom. The van der Waals surface area contributed by atoms with Crippen LogP contribution in [0.25, 0.3) is 0 Å². The van der Waals surface area contributed by atoms with E-state index in [-0.39, 0.29) is 11.5 Å². The lowest BCUT2D eigenvalue weighted by molar-refractivity contribution is 0.554. The quantitative estimate of drug-likeness (QED) is 0.734. The molecule has 2 nitrogen and oxygen atoms in total. The first-order valence-electron chi connectivity index (χ1n) is 6.14. The van der Waals surface area contributed by atoms with E-state index in [2.05, 4.69) is 30.8 Å². The molecule has 1 unspecified atom stereocenters. The summed E-state index contributed by atoms with van der Waals surface area (Å²) in [4.78, 5) is 11.1. The lowest BCUT2D eigenvalue weighted by Crippen LogP contribution is -2.10. The molecule has 0 N–H and O–H groups in total. The molecule has 0 aliphatic rings. The molecule has 0 saturated carbocycles. The second kappa shape index (κ2) is 6.01. The van der Waals surface area contributed by atoms with Gasteiger partial charge < -0.3 is 4.57 Å². The number of aromatic nitrogens is 1. The zero-order chi connectivity index (χ0) is 12.8. The summed E-state index contributed by atoms with van der Waals surface area (Å²) in [5.74, 6) is 0. The van der Waals surface area contributed by atoms with Gasteiger partial charge in [-0.2, -0.15) is 0 Å². The Bertz CT molecular complexity index is 536. The number of rotatable bonds is 5. The van der Waals surface area contributed by atoms with Crippen LogP contribution in [0.5, 0.6) is 0 Å². The number of hydrogen-bond donors (Lipinski definition) is 0. The number of allylic oxidation sites excluding steroid dienone is 1. The Labute approximate surface area is 107 Å². The number of hydrogen-bond acceptors (Lipinski definition) is 1. The first-order valence-corrected chi connectivity index (χ1v) is 6.14. The van der Waals surface area contributed by atoms with Crippen molar-refractivity contribution in [2.24, 2.45) is 0 Å². The summed E-state index contributed by atoms with van der Waals surface area (Å²) in [6, 6.07) is 13.8. The van der Waals surface area contributed by atoms with Crippen molar-refractivity contribution in [2.75, 3.05) is 0 Å². The zero-order valence-electron chi connectivity index (χ0n) is 10.3. The molecule has 0 aliphatic carbocycles. The highest BCUT2D eigenvalue weighted by Gasteiger charge is 2.05. The molecule has 1 aromatic carbocycles. The van der Waals surface area contributed by atoms with Crippen molar-refractivity contribution in [1.82, 2.24) is 4.57 Å². The predicted molar refractivity (Wildman–Crippen MR) is 74.7 cm³/mol. The molecule has 0 saturated heterocycles. The summed E-state index contributed by atoms with van der Waals surface area (Å²) >= 11 is 0. The van der Waals surface area contributed by atoms with Gasteiger partial charge in [0, 0.05) is 24.5 Å². The topological polar surface area (TPSA) is 22.0 Å². The lowest BCUT2D eigenvalue weighted by atomic mass is 10.1. The minimum absolute atomic E-state index is 0.0390. The van der Waals surface area contributed by atoms with Gasteiger partial charge in [-0.15, -0.1) is 6.58 Å². The Morgan fingerprint density at radius 2 is 1.78 bits per heavy atom. The molecule has 0 spiro atoms. The SMILES string of the molecule is C=CC(CCc1ccccc1)n1ccc(=O)cc1. The fourth-order valence-corrected chi connectivity index (χ4v) is 1.99. The maximum absolute atomic E-state index is 11.1.